The van der Waals surface area contributed by atoms with Gasteiger partial charge in [0.2, 0.25) is 0 Å². The predicted octanol–water partition coefficient (Wildman–Crippen LogP) is 9.32. The van der Waals surface area contributed by atoms with Crippen LogP contribution in [0.1, 0.15) is 33.4 Å². The van der Waals surface area contributed by atoms with E-state index in [4.69, 9.17) is 9.15 Å². The largest absolute Gasteiger partial charge is 0.457 e. The first kappa shape index (κ1) is 20.1. The van der Waals surface area contributed by atoms with Gasteiger partial charge in [-0.25, -0.2) is 0 Å². The second-order valence-electron chi connectivity index (χ2n) is 9.44. The van der Waals surface area contributed by atoms with Gasteiger partial charge in [0.05, 0.1) is 5.41 Å². The SMILES string of the molecule is Brc1ccc2c(c1)C=Cc1ccccc1C21c2ccccc2Oc2cc3c(cc21)oc1ccccc13. The van der Waals surface area contributed by atoms with E-state index < -0.39 is 5.41 Å². The van der Waals surface area contributed by atoms with E-state index in [-0.39, 0.29) is 0 Å². The standard InChI is InChI=1S/C33H19BrO2/c34-22-15-16-26-21(17-22)14-13-20-7-1-3-9-25(20)33(26)27-10-4-6-12-30(27)36-32-18-24-23-8-2-5-11-29(23)35-31(24)19-28(32)33/h1-19H. The Bertz CT molecular complexity index is 1890. The van der Waals surface area contributed by atoms with Gasteiger partial charge in [-0.15, -0.1) is 0 Å². The lowest BCUT2D eigenvalue weighted by atomic mass is 9.62. The normalized spacial score (nSPS) is 17.2. The van der Waals surface area contributed by atoms with Gasteiger partial charge in [-0.05, 0) is 58.7 Å². The second kappa shape index (κ2) is 7.22. The molecule has 5 aromatic carbocycles. The van der Waals surface area contributed by atoms with Crippen LogP contribution in [0.3, 0.4) is 0 Å². The van der Waals surface area contributed by atoms with E-state index in [0.29, 0.717) is 0 Å². The highest BCUT2D eigenvalue weighted by molar-refractivity contribution is 9.10. The minimum atomic E-state index is -0.576. The second-order valence-corrected chi connectivity index (χ2v) is 10.4. The maximum atomic E-state index is 6.65. The lowest BCUT2D eigenvalue weighted by molar-refractivity contribution is 0.435. The molecule has 0 saturated heterocycles. The average Bonchev–Trinajstić information content (AvgIpc) is 3.20. The molecule has 36 heavy (non-hydrogen) atoms. The van der Waals surface area contributed by atoms with Crippen molar-refractivity contribution in [3.8, 4) is 11.5 Å². The summed E-state index contributed by atoms with van der Waals surface area (Å²) in [5.74, 6) is 1.74. The van der Waals surface area contributed by atoms with Crippen LogP contribution in [0, 0.1) is 0 Å². The van der Waals surface area contributed by atoms with Crippen LogP contribution < -0.4 is 4.74 Å². The zero-order valence-corrected chi connectivity index (χ0v) is 20.8. The molecule has 0 N–H and O–H groups in total. The Morgan fingerprint density at radius 1 is 0.528 bits per heavy atom. The van der Waals surface area contributed by atoms with Crippen LogP contribution in [0.2, 0.25) is 0 Å². The van der Waals surface area contributed by atoms with Crippen molar-refractivity contribution in [3.05, 3.63) is 141 Å². The number of para-hydroxylation sites is 2. The molecule has 170 valence electrons. The summed E-state index contributed by atoms with van der Waals surface area (Å²) < 4.78 is 14.1. The minimum Gasteiger partial charge on any atom is -0.457 e. The molecule has 2 nitrogen and oxygen atoms in total. The van der Waals surface area contributed by atoms with Crippen LogP contribution in [0.15, 0.2) is 112 Å². The van der Waals surface area contributed by atoms with E-state index in [9.17, 15) is 0 Å². The number of hydrogen-bond donors (Lipinski definition) is 0. The summed E-state index contributed by atoms with van der Waals surface area (Å²) in [4.78, 5) is 0. The first-order valence-corrected chi connectivity index (χ1v) is 12.8. The first-order chi connectivity index (χ1) is 17.7. The van der Waals surface area contributed by atoms with Crippen LogP contribution >= 0.6 is 15.9 Å². The minimum absolute atomic E-state index is 0.576. The molecule has 1 aromatic heterocycles. The highest BCUT2D eigenvalue weighted by Crippen LogP contribution is 2.58. The topological polar surface area (TPSA) is 22.4 Å². The van der Waals surface area contributed by atoms with Crippen LogP contribution in [-0.2, 0) is 5.41 Å². The van der Waals surface area contributed by atoms with E-state index in [1.165, 1.54) is 22.3 Å². The summed E-state index contributed by atoms with van der Waals surface area (Å²) in [7, 11) is 0. The third kappa shape index (κ3) is 2.56. The number of ether oxygens (including phenoxy) is 1. The number of hydrogen-bond acceptors (Lipinski definition) is 2. The molecular weight excluding hydrogens is 508 g/mol. The molecule has 3 heteroatoms. The number of rotatable bonds is 0. The zero-order chi connectivity index (χ0) is 23.9. The van der Waals surface area contributed by atoms with Crippen molar-refractivity contribution in [2.24, 2.45) is 0 Å². The molecule has 1 unspecified atom stereocenters. The van der Waals surface area contributed by atoms with Gasteiger partial charge in [-0.3, -0.25) is 0 Å². The van der Waals surface area contributed by atoms with Gasteiger partial charge in [0.1, 0.15) is 22.7 Å². The molecule has 8 rings (SSSR count). The van der Waals surface area contributed by atoms with Crippen molar-refractivity contribution >= 4 is 50.0 Å². The molecule has 6 aromatic rings. The van der Waals surface area contributed by atoms with E-state index in [2.05, 4.69) is 113 Å². The van der Waals surface area contributed by atoms with Gasteiger partial charge in [-0.2, -0.15) is 0 Å². The molecule has 2 heterocycles. The Kier molecular flexibility index (Phi) is 4.04. The fraction of sp³-hybridized carbons (Fsp3) is 0.0303. The third-order valence-corrected chi connectivity index (χ3v) is 8.11. The van der Waals surface area contributed by atoms with Crippen molar-refractivity contribution in [2.75, 3.05) is 0 Å². The fourth-order valence-corrected chi connectivity index (χ4v) is 6.54. The quantitative estimate of drug-likeness (QED) is 0.196. The van der Waals surface area contributed by atoms with E-state index >= 15 is 0 Å². The Hall–Kier alpha value is -4.08. The molecule has 2 aliphatic rings. The summed E-state index contributed by atoms with van der Waals surface area (Å²) >= 11 is 3.71. The van der Waals surface area contributed by atoms with Gasteiger partial charge in [0, 0.05) is 26.4 Å². The van der Waals surface area contributed by atoms with Crippen molar-refractivity contribution in [1.29, 1.82) is 0 Å². The van der Waals surface area contributed by atoms with Crippen LogP contribution in [0.4, 0.5) is 0 Å². The summed E-state index contributed by atoms with van der Waals surface area (Å²) in [5, 5.41) is 2.16. The molecule has 1 atom stereocenters. The Labute approximate surface area is 216 Å². The predicted molar refractivity (Wildman–Crippen MR) is 149 cm³/mol. The van der Waals surface area contributed by atoms with Gasteiger partial charge < -0.3 is 9.15 Å². The maximum absolute atomic E-state index is 6.65. The van der Waals surface area contributed by atoms with Gasteiger partial charge >= 0.3 is 0 Å². The number of benzene rings is 5. The number of fused-ring (bicyclic) bond motifs is 11. The molecule has 0 radical (unpaired) electrons. The van der Waals surface area contributed by atoms with E-state index in [0.717, 1.165) is 49.0 Å². The van der Waals surface area contributed by atoms with Crippen LogP contribution in [0.5, 0.6) is 11.5 Å². The average molecular weight is 527 g/mol. The zero-order valence-electron chi connectivity index (χ0n) is 19.2. The molecule has 1 aliphatic carbocycles. The lowest BCUT2D eigenvalue weighted by Crippen LogP contribution is -2.35. The smallest absolute Gasteiger partial charge is 0.136 e. The number of furan rings is 1. The van der Waals surface area contributed by atoms with Crippen LogP contribution in [0.25, 0.3) is 34.1 Å². The fourth-order valence-electron chi connectivity index (χ4n) is 6.16. The molecule has 0 saturated carbocycles. The molecule has 0 amide bonds. The summed E-state index contributed by atoms with van der Waals surface area (Å²) in [6.45, 7) is 0. The van der Waals surface area contributed by atoms with Crippen molar-refractivity contribution < 1.29 is 9.15 Å². The van der Waals surface area contributed by atoms with Gasteiger partial charge in [0.25, 0.3) is 0 Å². The Morgan fingerprint density at radius 3 is 2.22 bits per heavy atom. The highest BCUT2D eigenvalue weighted by atomic mass is 79.9. The molecule has 0 fully saturated rings. The van der Waals surface area contributed by atoms with E-state index in [1.807, 2.05) is 18.2 Å². The van der Waals surface area contributed by atoms with Gasteiger partial charge in [-0.1, -0.05) is 94.8 Å². The lowest BCUT2D eigenvalue weighted by Gasteiger charge is -2.42. The molecular formula is C33H19BrO2. The molecule has 1 spiro atoms. The monoisotopic (exact) mass is 526 g/mol. The maximum Gasteiger partial charge on any atom is 0.136 e. The molecule has 1 aliphatic heterocycles. The summed E-state index contributed by atoms with van der Waals surface area (Å²) in [5.41, 5.74) is 8.21. The first-order valence-electron chi connectivity index (χ1n) is 12.0. The Balaban J connectivity index is 1.60. The Morgan fingerprint density at radius 2 is 1.28 bits per heavy atom. The van der Waals surface area contributed by atoms with Crippen molar-refractivity contribution in [3.63, 3.8) is 0 Å². The van der Waals surface area contributed by atoms with Crippen molar-refractivity contribution in [1.82, 2.24) is 0 Å². The van der Waals surface area contributed by atoms with Gasteiger partial charge in [0.15, 0.2) is 0 Å². The summed E-state index contributed by atoms with van der Waals surface area (Å²) in [6.07, 6.45) is 4.46. The molecule has 0 bridgehead atoms. The summed E-state index contributed by atoms with van der Waals surface area (Å²) in [6, 6.07) is 36.3. The highest BCUT2D eigenvalue weighted by Gasteiger charge is 2.48. The van der Waals surface area contributed by atoms with Crippen LogP contribution in [-0.4, -0.2) is 0 Å². The number of halogens is 1. The third-order valence-electron chi connectivity index (χ3n) is 7.62. The van der Waals surface area contributed by atoms with E-state index in [1.54, 1.807) is 0 Å². The van der Waals surface area contributed by atoms with Crippen molar-refractivity contribution in [2.45, 2.75) is 5.41 Å².